The number of carbonyl (C=O) groups is 2. The van der Waals surface area contributed by atoms with E-state index in [2.05, 4.69) is 0 Å². The first-order valence-corrected chi connectivity index (χ1v) is 6.25. The molecule has 0 saturated heterocycles. The summed E-state index contributed by atoms with van der Waals surface area (Å²) < 4.78 is 4.76. The Morgan fingerprint density at radius 3 is 2.22 bits per heavy atom. The van der Waals surface area contributed by atoms with Crippen LogP contribution in [0.5, 0.6) is 0 Å². The van der Waals surface area contributed by atoms with Gasteiger partial charge in [0.2, 0.25) is 0 Å². The third kappa shape index (κ3) is 3.10. The number of benzene rings is 1. The van der Waals surface area contributed by atoms with E-state index in [1.54, 1.807) is 38.1 Å². The van der Waals surface area contributed by atoms with Gasteiger partial charge in [-0.05, 0) is 19.4 Å². The topological polar surface area (TPSA) is 43.4 Å². The molecule has 3 nitrogen and oxygen atoms in total. The molecule has 0 atom stereocenters. The Bertz CT molecular complexity index is 435. The van der Waals surface area contributed by atoms with E-state index >= 15 is 0 Å². The number of Topliss-reactive ketones (excluding diaryl/α,β-unsaturated/α-hetero) is 1. The quantitative estimate of drug-likeness (QED) is 0.468. The van der Waals surface area contributed by atoms with Crippen molar-refractivity contribution >= 4 is 23.4 Å². The molecular weight excluding hydrogens is 252 g/mol. The fraction of sp³-hybridized carbons (Fsp3) is 0.429. The van der Waals surface area contributed by atoms with Crippen LogP contribution in [-0.2, 0) is 14.9 Å². The van der Waals surface area contributed by atoms with Crippen LogP contribution in [0.15, 0.2) is 24.3 Å². The zero-order valence-corrected chi connectivity index (χ0v) is 11.6. The van der Waals surface area contributed by atoms with Crippen LogP contribution in [0.3, 0.4) is 0 Å². The van der Waals surface area contributed by atoms with E-state index < -0.39 is 5.41 Å². The fourth-order valence-electron chi connectivity index (χ4n) is 1.68. The smallest absolute Gasteiger partial charge is 0.315 e. The lowest BCUT2D eigenvalue weighted by atomic mass is 9.84. The van der Waals surface area contributed by atoms with Crippen LogP contribution in [0.1, 0.15) is 36.2 Å². The number of ketones is 1. The summed E-state index contributed by atoms with van der Waals surface area (Å²) in [4.78, 5) is 23.3. The molecule has 0 unspecified atom stereocenters. The van der Waals surface area contributed by atoms with E-state index in [9.17, 15) is 9.59 Å². The van der Waals surface area contributed by atoms with Crippen LogP contribution in [0.25, 0.3) is 0 Å². The average Bonchev–Trinajstić information content (AvgIpc) is 2.38. The van der Waals surface area contributed by atoms with E-state index in [0.29, 0.717) is 17.9 Å². The van der Waals surface area contributed by atoms with Crippen molar-refractivity contribution in [1.29, 1.82) is 0 Å². The summed E-state index contributed by atoms with van der Waals surface area (Å²) in [5.74, 6) is 0.0172. The molecule has 1 aromatic rings. The Labute approximate surface area is 112 Å². The van der Waals surface area contributed by atoms with E-state index in [-0.39, 0.29) is 11.8 Å². The zero-order chi connectivity index (χ0) is 13.8. The van der Waals surface area contributed by atoms with Gasteiger partial charge in [0.05, 0.1) is 12.5 Å². The summed E-state index contributed by atoms with van der Waals surface area (Å²) in [6, 6.07) is 6.99. The van der Waals surface area contributed by atoms with Crippen molar-refractivity contribution < 1.29 is 14.3 Å². The van der Waals surface area contributed by atoms with Gasteiger partial charge >= 0.3 is 5.97 Å². The molecule has 0 aromatic heterocycles. The number of hydrogen-bond acceptors (Lipinski definition) is 3. The maximum Gasteiger partial charge on any atom is 0.315 e. The van der Waals surface area contributed by atoms with Crippen LogP contribution in [0.2, 0.25) is 0 Å². The summed E-state index contributed by atoms with van der Waals surface area (Å²) in [6.07, 6.45) is 0.321. The van der Waals surface area contributed by atoms with Crippen molar-refractivity contribution in [2.75, 3.05) is 13.0 Å². The molecule has 0 bridgehead atoms. The third-order valence-electron chi connectivity index (χ3n) is 2.95. The molecule has 18 heavy (non-hydrogen) atoms. The highest BCUT2D eigenvalue weighted by Crippen LogP contribution is 2.25. The van der Waals surface area contributed by atoms with Gasteiger partial charge in [-0.25, -0.2) is 0 Å². The average molecular weight is 269 g/mol. The van der Waals surface area contributed by atoms with Crippen molar-refractivity contribution in [3.05, 3.63) is 35.4 Å². The molecule has 4 heteroatoms. The molecular formula is C14H17ClO3. The SMILES string of the molecule is COC(=O)C(C)(C)c1ccc(C(=O)CCCl)cc1. The van der Waals surface area contributed by atoms with Crippen molar-refractivity contribution in [3.63, 3.8) is 0 Å². The molecule has 0 heterocycles. The number of halogens is 1. The highest BCUT2D eigenvalue weighted by molar-refractivity contribution is 6.19. The lowest BCUT2D eigenvalue weighted by Gasteiger charge is -2.22. The Kier molecular flexibility index (Phi) is 4.91. The summed E-state index contributed by atoms with van der Waals surface area (Å²) in [5, 5.41) is 0. The molecule has 0 aliphatic rings. The van der Waals surface area contributed by atoms with Gasteiger partial charge in [-0.2, -0.15) is 0 Å². The highest BCUT2D eigenvalue weighted by Gasteiger charge is 2.30. The van der Waals surface area contributed by atoms with E-state index in [0.717, 1.165) is 5.56 Å². The summed E-state index contributed by atoms with van der Waals surface area (Å²) >= 11 is 5.53. The van der Waals surface area contributed by atoms with Gasteiger partial charge < -0.3 is 4.74 Å². The van der Waals surface area contributed by atoms with Gasteiger partial charge in [-0.15, -0.1) is 11.6 Å². The number of hydrogen-bond donors (Lipinski definition) is 0. The molecule has 0 spiro atoms. The first-order chi connectivity index (χ1) is 8.43. The molecule has 0 N–H and O–H groups in total. The lowest BCUT2D eigenvalue weighted by molar-refractivity contribution is -0.146. The minimum atomic E-state index is -0.719. The van der Waals surface area contributed by atoms with Crippen LogP contribution in [0, 0.1) is 0 Å². The normalized spacial score (nSPS) is 11.1. The lowest BCUT2D eigenvalue weighted by Crippen LogP contribution is -2.30. The van der Waals surface area contributed by atoms with Crippen molar-refractivity contribution in [2.45, 2.75) is 25.7 Å². The van der Waals surface area contributed by atoms with Crippen LogP contribution in [-0.4, -0.2) is 24.7 Å². The minimum Gasteiger partial charge on any atom is -0.468 e. The van der Waals surface area contributed by atoms with E-state index in [1.165, 1.54) is 7.11 Å². The second kappa shape index (κ2) is 6.01. The Morgan fingerprint density at radius 1 is 1.22 bits per heavy atom. The van der Waals surface area contributed by atoms with Gasteiger partial charge in [-0.3, -0.25) is 9.59 Å². The number of carbonyl (C=O) groups excluding carboxylic acids is 2. The van der Waals surface area contributed by atoms with Crippen molar-refractivity contribution in [2.24, 2.45) is 0 Å². The molecule has 98 valence electrons. The first kappa shape index (κ1) is 14.7. The standard InChI is InChI=1S/C14H17ClO3/c1-14(2,13(17)18-3)11-6-4-10(5-7-11)12(16)8-9-15/h4-7H,8-9H2,1-3H3. The first-order valence-electron chi connectivity index (χ1n) is 5.71. The van der Waals surface area contributed by atoms with Crippen LogP contribution in [0.4, 0.5) is 0 Å². The van der Waals surface area contributed by atoms with E-state index in [1.807, 2.05) is 0 Å². The Morgan fingerprint density at radius 2 is 1.78 bits per heavy atom. The second-order valence-corrected chi connectivity index (χ2v) is 4.93. The zero-order valence-electron chi connectivity index (χ0n) is 10.8. The largest absolute Gasteiger partial charge is 0.468 e. The Hall–Kier alpha value is -1.35. The highest BCUT2D eigenvalue weighted by atomic mass is 35.5. The summed E-state index contributed by atoms with van der Waals surface area (Å²) in [5.41, 5.74) is 0.708. The second-order valence-electron chi connectivity index (χ2n) is 4.56. The van der Waals surface area contributed by atoms with Crippen molar-refractivity contribution in [3.8, 4) is 0 Å². The third-order valence-corrected chi connectivity index (χ3v) is 3.13. The monoisotopic (exact) mass is 268 g/mol. The van der Waals surface area contributed by atoms with Gasteiger partial charge in [0.25, 0.3) is 0 Å². The molecule has 0 fully saturated rings. The molecule has 0 saturated carbocycles. The number of alkyl halides is 1. The predicted molar refractivity (Wildman–Crippen MR) is 71.2 cm³/mol. The Balaban J connectivity index is 2.95. The molecule has 0 amide bonds. The molecule has 1 rings (SSSR count). The summed E-state index contributed by atoms with van der Waals surface area (Å²) in [7, 11) is 1.36. The van der Waals surface area contributed by atoms with E-state index in [4.69, 9.17) is 16.3 Å². The van der Waals surface area contributed by atoms with Crippen LogP contribution >= 0.6 is 11.6 Å². The number of rotatable bonds is 5. The van der Waals surface area contributed by atoms with Crippen LogP contribution < -0.4 is 0 Å². The summed E-state index contributed by atoms with van der Waals surface area (Å²) in [6.45, 7) is 3.57. The molecule has 0 aliphatic carbocycles. The maximum absolute atomic E-state index is 11.6. The van der Waals surface area contributed by atoms with Gasteiger partial charge in [0, 0.05) is 17.9 Å². The van der Waals surface area contributed by atoms with Gasteiger partial charge in [-0.1, -0.05) is 24.3 Å². The van der Waals surface area contributed by atoms with Gasteiger partial charge in [0.15, 0.2) is 5.78 Å². The predicted octanol–water partition coefficient (Wildman–Crippen LogP) is 2.95. The number of methoxy groups -OCH3 is 1. The minimum absolute atomic E-state index is 0.00687. The number of esters is 1. The molecule has 0 radical (unpaired) electrons. The molecule has 1 aromatic carbocycles. The van der Waals surface area contributed by atoms with Crippen molar-refractivity contribution in [1.82, 2.24) is 0 Å². The fourth-order valence-corrected chi connectivity index (χ4v) is 1.85. The maximum atomic E-state index is 11.6. The molecule has 0 aliphatic heterocycles. The number of ether oxygens (including phenoxy) is 1. The van der Waals surface area contributed by atoms with Gasteiger partial charge in [0.1, 0.15) is 0 Å².